The number of rotatable bonds is 5. The lowest BCUT2D eigenvalue weighted by Crippen LogP contribution is -2.35. The monoisotopic (exact) mass is 246 g/mol. The first-order valence-electron chi connectivity index (χ1n) is 5.44. The molecule has 0 aliphatic carbocycles. The molecule has 0 aromatic carbocycles. The lowest BCUT2D eigenvalue weighted by Gasteiger charge is -2.20. The van der Waals surface area contributed by atoms with Gasteiger partial charge >= 0.3 is 5.24 Å². The van der Waals surface area contributed by atoms with Crippen molar-refractivity contribution in [3.05, 3.63) is 0 Å². The third-order valence-electron chi connectivity index (χ3n) is 2.47. The summed E-state index contributed by atoms with van der Waals surface area (Å²) in [4.78, 5) is 23.7. The molecule has 16 heavy (non-hydrogen) atoms. The van der Waals surface area contributed by atoms with Gasteiger partial charge in [0.25, 0.3) is 0 Å². The molecule has 2 amide bonds. The van der Waals surface area contributed by atoms with Crippen LogP contribution in [-0.2, 0) is 9.53 Å². The summed E-state index contributed by atoms with van der Waals surface area (Å²) < 4.78 is 7.18. The maximum absolute atomic E-state index is 11.7. The minimum absolute atomic E-state index is 0.0154. The summed E-state index contributed by atoms with van der Waals surface area (Å²) in [5.41, 5.74) is 0. The van der Waals surface area contributed by atoms with Gasteiger partial charge in [0.15, 0.2) is 0 Å². The van der Waals surface area contributed by atoms with E-state index in [4.69, 9.17) is 4.74 Å². The van der Waals surface area contributed by atoms with Crippen LogP contribution in [0.3, 0.4) is 0 Å². The molecular formula is C10H18N2O3S. The molecule has 5 nitrogen and oxygen atoms in total. The number of hydrogen-bond acceptors (Lipinski definition) is 5. The van der Waals surface area contributed by atoms with Crippen LogP contribution in [0.4, 0.5) is 4.79 Å². The summed E-state index contributed by atoms with van der Waals surface area (Å²) in [6.45, 7) is 3.80. The van der Waals surface area contributed by atoms with E-state index in [0.29, 0.717) is 13.0 Å². The molecule has 1 saturated heterocycles. The lowest BCUT2D eigenvalue weighted by atomic mass is 10.2. The molecule has 0 aromatic heterocycles. The molecular weight excluding hydrogens is 228 g/mol. The van der Waals surface area contributed by atoms with Gasteiger partial charge < -0.3 is 4.74 Å². The van der Waals surface area contributed by atoms with Gasteiger partial charge in [0, 0.05) is 25.1 Å². The first-order valence-corrected chi connectivity index (χ1v) is 6.21. The average Bonchev–Trinajstić information content (AvgIpc) is 2.78. The van der Waals surface area contributed by atoms with E-state index in [2.05, 4.69) is 0 Å². The van der Waals surface area contributed by atoms with Crippen molar-refractivity contribution in [3.63, 3.8) is 0 Å². The summed E-state index contributed by atoms with van der Waals surface area (Å²) in [6.07, 6.45) is 2.53. The first-order chi connectivity index (χ1) is 7.67. The molecule has 0 aromatic rings. The van der Waals surface area contributed by atoms with Crippen LogP contribution in [0.5, 0.6) is 0 Å². The molecule has 1 aliphatic rings. The highest BCUT2D eigenvalue weighted by Gasteiger charge is 2.23. The second kappa shape index (κ2) is 6.88. The van der Waals surface area contributed by atoms with Crippen molar-refractivity contribution in [2.45, 2.75) is 25.9 Å². The van der Waals surface area contributed by atoms with E-state index >= 15 is 0 Å². The molecule has 0 N–H and O–H groups in total. The molecule has 0 radical (unpaired) electrons. The topological polar surface area (TPSA) is 49.9 Å². The molecule has 6 heteroatoms. The Balaban J connectivity index is 2.39. The summed E-state index contributed by atoms with van der Waals surface area (Å²) in [6, 6.07) is 0. The number of amides is 2. The third kappa shape index (κ3) is 4.11. The van der Waals surface area contributed by atoms with Crippen LogP contribution >= 0.6 is 11.9 Å². The van der Waals surface area contributed by atoms with Gasteiger partial charge in [0.1, 0.15) is 0 Å². The Labute approximate surface area is 100 Å². The van der Waals surface area contributed by atoms with Crippen molar-refractivity contribution in [1.29, 1.82) is 0 Å². The normalized spacial score (nSPS) is 20.1. The first kappa shape index (κ1) is 13.5. The van der Waals surface area contributed by atoms with Crippen molar-refractivity contribution in [2.75, 3.05) is 26.7 Å². The van der Waals surface area contributed by atoms with Crippen LogP contribution in [-0.4, -0.2) is 53.7 Å². The second-order valence-corrected chi connectivity index (χ2v) is 4.85. The van der Waals surface area contributed by atoms with E-state index in [9.17, 15) is 9.59 Å². The maximum Gasteiger partial charge on any atom is 0.303 e. The van der Waals surface area contributed by atoms with Crippen LogP contribution < -0.4 is 0 Å². The van der Waals surface area contributed by atoms with Crippen LogP contribution in [0.1, 0.15) is 19.8 Å². The Morgan fingerprint density at radius 1 is 1.62 bits per heavy atom. The largest absolute Gasteiger partial charge is 0.376 e. The molecule has 1 atom stereocenters. The zero-order valence-corrected chi connectivity index (χ0v) is 10.5. The molecule has 1 aliphatic heterocycles. The van der Waals surface area contributed by atoms with Crippen molar-refractivity contribution in [2.24, 2.45) is 0 Å². The zero-order chi connectivity index (χ0) is 12.0. The van der Waals surface area contributed by atoms with Crippen LogP contribution in [0.2, 0.25) is 0 Å². The molecule has 1 fully saturated rings. The predicted octanol–water partition coefficient (Wildman–Crippen LogP) is 1.34. The summed E-state index contributed by atoms with van der Waals surface area (Å²) in [5, 5.41) is -0.241. The predicted molar refractivity (Wildman–Crippen MR) is 63.0 cm³/mol. The highest BCUT2D eigenvalue weighted by Crippen LogP contribution is 2.16. The second-order valence-electron chi connectivity index (χ2n) is 3.69. The van der Waals surface area contributed by atoms with Crippen LogP contribution in [0.15, 0.2) is 0 Å². The van der Waals surface area contributed by atoms with E-state index in [1.165, 1.54) is 4.90 Å². The summed E-state index contributed by atoms with van der Waals surface area (Å²) >= 11 is 1.05. The molecule has 1 heterocycles. The fourth-order valence-corrected chi connectivity index (χ4v) is 2.04. The van der Waals surface area contributed by atoms with Gasteiger partial charge in [-0.2, -0.15) is 0 Å². The van der Waals surface area contributed by atoms with Gasteiger partial charge in [-0.3, -0.25) is 14.5 Å². The van der Waals surface area contributed by atoms with E-state index in [0.717, 1.165) is 37.9 Å². The van der Waals surface area contributed by atoms with Crippen molar-refractivity contribution in [3.8, 4) is 0 Å². The van der Waals surface area contributed by atoms with Crippen molar-refractivity contribution >= 4 is 23.6 Å². The molecule has 92 valence electrons. The number of nitrogens with zero attached hydrogens (tertiary/aromatic N) is 2. The third-order valence-corrected chi connectivity index (χ3v) is 3.43. The number of carbonyl (C=O) groups is 2. The molecule has 1 unspecified atom stereocenters. The Kier molecular flexibility index (Phi) is 5.79. The van der Waals surface area contributed by atoms with Crippen LogP contribution in [0.25, 0.3) is 0 Å². The quantitative estimate of drug-likeness (QED) is 0.541. The van der Waals surface area contributed by atoms with E-state index in [1.54, 1.807) is 4.31 Å². The van der Waals surface area contributed by atoms with Gasteiger partial charge in [0.05, 0.1) is 12.6 Å². The highest BCUT2D eigenvalue weighted by atomic mass is 32.2. The Morgan fingerprint density at radius 3 is 2.88 bits per heavy atom. The number of carbonyl (C=O) groups excluding carboxylic acids is 2. The van der Waals surface area contributed by atoms with Gasteiger partial charge in [-0.15, -0.1) is 0 Å². The molecule has 0 bridgehead atoms. The smallest absolute Gasteiger partial charge is 0.303 e. The van der Waals surface area contributed by atoms with Gasteiger partial charge in [-0.1, -0.05) is 6.92 Å². The summed E-state index contributed by atoms with van der Waals surface area (Å²) in [5.74, 6) is 0. The molecule has 0 spiro atoms. The van der Waals surface area contributed by atoms with Gasteiger partial charge in [-0.25, -0.2) is 4.31 Å². The Morgan fingerprint density at radius 2 is 2.38 bits per heavy atom. The van der Waals surface area contributed by atoms with E-state index < -0.39 is 0 Å². The average molecular weight is 246 g/mol. The number of ether oxygens (including phenoxy) is 1. The standard InChI is InChI=1S/C10H18N2O3S/c1-3-11(2)16-10(14)12(8-13)7-9-5-4-6-15-9/h8-9H,3-7H2,1-2H3. The minimum atomic E-state index is -0.241. The van der Waals surface area contributed by atoms with E-state index in [-0.39, 0.29) is 11.3 Å². The van der Waals surface area contributed by atoms with Gasteiger partial charge in [0.2, 0.25) is 6.41 Å². The Hall–Kier alpha value is -0.590. The van der Waals surface area contributed by atoms with Crippen molar-refractivity contribution in [1.82, 2.24) is 9.21 Å². The van der Waals surface area contributed by atoms with Gasteiger partial charge in [-0.05, 0) is 19.9 Å². The van der Waals surface area contributed by atoms with E-state index in [1.807, 2.05) is 14.0 Å². The zero-order valence-electron chi connectivity index (χ0n) is 9.72. The number of imide groups is 1. The molecule has 1 rings (SSSR count). The SMILES string of the molecule is CCN(C)SC(=O)N(C=O)CC1CCCO1. The maximum atomic E-state index is 11.7. The lowest BCUT2D eigenvalue weighted by molar-refractivity contribution is -0.116. The summed E-state index contributed by atoms with van der Waals surface area (Å²) in [7, 11) is 1.82. The minimum Gasteiger partial charge on any atom is -0.376 e. The van der Waals surface area contributed by atoms with Crippen molar-refractivity contribution < 1.29 is 14.3 Å². The highest BCUT2D eigenvalue weighted by molar-refractivity contribution is 8.11. The van der Waals surface area contributed by atoms with Crippen LogP contribution in [0, 0.1) is 0 Å². The fourth-order valence-electron chi connectivity index (χ4n) is 1.42. The number of hydrogen-bond donors (Lipinski definition) is 0. The molecule has 0 saturated carbocycles. The Bertz CT molecular complexity index is 244. The fraction of sp³-hybridized carbons (Fsp3) is 0.800.